The lowest BCUT2D eigenvalue weighted by Crippen LogP contribution is -2.48. The van der Waals surface area contributed by atoms with E-state index < -0.39 is 29.6 Å². The molecule has 3 amide bonds. The number of nitrogens with one attached hydrogen (secondary N) is 2. The average molecular weight is 447 g/mol. The number of hydrogen-bond donors (Lipinski definition) is 2. The van der Waals surface area contributed by atoms with Crippen molar-refractivity contribution in [2.75, 3.05) is 13.6 Å². The zero-order chi connectivity index (χ0) is 23.3. The Balaban J connectivity index is 1.65. The number of likely N-dealkylation sites (tertiary alicyclic amines) is 1. The first-order valence-corrected chi connectivity index (χ1v) is 10.2. The van der Waals surface area contributed by atoms with E-state index >= 15 is 0 Å². The van der Waals surface area contributed by atoms with Crippen molar-refractivity contribution in [3.63, 3.8) is 0 Å². The highest BCUT2D eigenvalue weighted by molar-refractivity contribution is 5.88. The van der Waals surface area contributed by atoms with Crippen LogP contribution in [0.3, 0.4) is 0 Å². The predicted molar refractivity (Wildman–Crippen MR) is 111 cm³/mol. The molecule has 3 rings (SSSR count). The van der Waals surface area contributed by atoms with E-state index in [0.717, 1.165) is 17.7 Å². The number of hydrogen-bond acceptors (Lipinski definition) is 3. The minimum atomic E-state index is -4.48. The number of amides is 3. The van der Waals surface area contributed by atoms with E-state index in [1.54, 1.807) is 0 Å². The summed E-state index contributed by atoms with van der Waals surface area (Å²) in [4.78, 5) is 38.5. The highest BCUT2D eigenvalue weighted by Gasteiger charge is 2.39. The zero-order valence-electron chi connectivity index (χ0n) is 17.5. The lowest BCUT2D eigenvalue weighted by atomic mass is 9.83. The Hall–Kier alpha value is -3.36. The number of halogens is 3. The van der Waals surface area contributed by atoms with Crippen LogP contribution in [0.25, 0.3) is 0 Å². The maximum atomic E-state index is 12.9. The molecule has 1 aliphatic heterocycles. The van der Waals surface area contributed by atoms with Gasteiger partial charge in [0.15, 0.2) is 0 Å². The van der Waals surface area contributed by atoms with E-state index in [1.165, 1.54) is 24.1 Å². The molecule has 1 aliphatic rings. The third-order valence-electron chi connectivity index (χ3n) is 5.53. The molecule has 2 aromatic rings. The molecule has 0 saturated carbocycles. The number of carbonyl (C=O) groups is 3. The Morgan fingerprint density at radius 1 is 1.03 bits per heavy atom. The molecule has 2 N–H and O–H groups in total. The fourth-order valence-corrected chi connectivity index (χ4v) is 3.80. The van der Waals surface area contributed by atoms with Gasteiger partial charge in [-0.05, 0) is 29.7 Å². The summed E-state index contributed by atoms with van der Waals surface area (Å²) in [5.41, 5.74) is 0.548. The summed E-state index contributed by atoms with van der Waals surface area (Å²) in [5, 5.41) is 5.30. The first-order valence-electron chi connectivity index (χ1n) is 10.2. The fraction of sp³-hybridized carbons (Fsp3) is 0.348. The molecule has 1 fully saturated rings. The van der Waals surface area contributed by atoms with Crippen molar-refractivity contribution in [1.29, 1.82) is 0 Å². The Kier molecular flexibility index (Phi) is 7.17. The van der Waals surface area contributed by atoms with Gasteiger partial charge in [-0.3, -0.25) is 14.4 Å². The number of carbonyl (C=O) groups excluding carboxylic acids is 3. The second-order valence-electron chi connectivity index (χ2n) is 7.69. The minimum Gasteiger partial charge on any atom is -0.350 e. The van der Waals surface area contributed by atoms with Gasteiger partial charge in [-0.2, -0.15) is 13.2 Å². The maximum Gasteiger partial charge on any atom is 0.416 e. The van der Waals surface area contributed by atoms with Crippen LogP contribution in [-0.4, -0.2) is 36.2 Å². The van der Waals surface area contributed by atoms with Crippen LogP contribution in [0.1, 0.15) is 35.6 Å². The van der Waals surface area contributed by atoms with Crippen molar-refractivity contribution in [3.05, 3.63) is 71.3 Å². The van der Waals surface area contributed by atoms with Gasteiger partial charge < -0.3 is 15.5 Å². The van der Waals surface area contributed by atoms with E-state index in [4.69, 9.17) is 0 Å². The SMILES string of the molecule is CN1C(=O)CCC(C(=O)NCC(=O)NCc2ccccc2)C1c1ccc(C(F)(F)F)cc1. The Labute approximate surface area is 183 Å². The standard InChI is InChI=1S/C23H24F3N3O3/c1-29-20(31)12-11-18(21(29)16-7-9-17(10-8-16)23(24,25)26)22(32)28-14-19(30)27-13-15-5-3-2-4-6-15/h2-10,18,21H,11-14H2,1H3,(H,27,30)(H,28,32). The van der Waals surface area contributed by atoms with Crippen LogP contribution >= 0.6 is 0 Å². The molecule has 1 heterocycles. The molecule has 170 valence electrons. The van der Waals surface area contributed by atoms with Crippen LogP contribution < -0.4 is 10.6 Å². The summed E-state index contributed by atoms with van der Waals surface area (Å²) in [7, 11) is 1.52. The largest absolute Gasteiger partial charge is 0.416 e. The number of alkyl halides is 3. The molecule has 2 atom stereocenters. The molecule has 0 spiro atoms. The number of rotatable bonds is 6. The first-order chi connectivity index (χ1) is 15.2. The lowest BCUT2D eigenvalue weighted by molar-refractivity contribution is -0.142. The summed E-state index contributed by atoms with van der Waals surface area (Å²) in [5.74, 6) is -1.67. The molecule has 0 aromatic heterocycles. The van der Waals surface area contributed by atoms with Crippen molar-refractivity contribution in [3.8, 4) is 0 Å². The maximum absolute atomic E-state index is 12.9. The van der Waals surface area contributed by atoms with Gasteiger partial charge >= 0.3 is 6.18 Å². The molecule has 1 saturated heterocycles. The van der Waals surface area contributed by atoms with Crippen LogP contribution in [0.4, 0.5) is 13.2 Å². The molecule has 0 aliphatic carbocycles. The first kappa shape index (κ1) is 23.3. The summed E-state index contributed by atoms with van der Waals surface area (Å²) < 4.78 is 38.7. The monoisotopic (exact) mass is 447 g/mol. The topological polar surface area (TPSA) is 78.5 Å². The Morgan fingerprint density at radius 2 is 1.69 bits per heavy atom. The van der Waals surface area contributed by atoms with E-state index in [1.807, 2.05) is 30.3 Å². The second kappa shape index (κ2) is 9.84. The van der Waals surface area contributed by atoms with Gasteiger partial charge in [0.25, 0.3) is 0 Å². The van der Waals surface area contributed by atoms with Gasteiger partial charge in [-0.15, -0.1) is 0 Å². The van der Waals surface area contributed by atoms with Crippen LogP contribution in [0.15, 0.2) is 54.6 Å². The second-order valence-corrected chi connectivity index (χ2v) is 7.69. The summed E-state index contributed by atoms with van der Waals surface area (Å²) in [6.07, 6.45) is -4.09. The molecule has 2 unspecified atom stereocenters. The highest BCUT2D eigenvalue weighted by atomic mass is 19.4. The third kappa shape index (κ3) is 5.66. The van der Waals surface area contributed by atoms with E-state index in [9.17, 15) is 27.6 Å². The van der Waals surface area contributed by atoms with Gasteiger partial charge in [0, 0.05) is 20.0 Å². The van der Waals surface area contributed by atoms with Gasteiger partial charge in [-0.1, -0.05) is 42.5 Å². The normalized spacial score (nSPS) is 18.9. The molecular formula is C23H24F3N3O3. The predicted octanol–water partition coefficient (Wildman–Crippen LogP) is 3.05. The Bertz CT molecular complexity index is 962. The molecule has 2 aromatic carbocycles. The van der Waals surface area contributed by atoms with Crippen LogP contribution in [0.2, 0.25) is 0 Å². The highest BCUT2D eigenvalue weighted by Crippen LogP contribution is 2.37. The van der Waals surface area contributed by atoms with Crippen molar-refractivity contribution in [2.45, 2.75) is 31.6 Å². The molecule has 9 heteroatoms. The lowest BCUT2D eigenvalue weighted by Gasteiger charge is -2.38. The fourth-order valence-electron chi connectivity index (χ4n) is 3.80. The van der Waals surface area contributed by atoms with E-state index in [0.29, 0.717) is 12.1 Å². The third-order valence-corrected chi connectivity index (χ3v) is 5.53. The van der Waals surface area contributed by atoms with Crippen molar-refractivity contribution < 1.29 is 27.6 Å². The van der Waals surface area contributed by atoms with Crippen LogP contribution in [0.5, 0.6) is 0 Å². The van der Waals surface area contributed by atoms with Gasteiger partial charge in [0.05, 0.1) is 24.1 Å². The van der Waals surface area contributed by atoms with E-state index in [-0.39, 0.29) is 31.2 Å². The molecular weight excluding hydrogens is 423 g/mol. The minimum absolute atomic E-state index is 0.145. The number of nitrogens with zero attached hydrogens (tertiary/aromatic N) is 1. The molecule has 0 radical (unpaired) electrons. The van der Waals surface area contributed by atoms with Crippen LogP contribution in [0, 0.1) is 5.92 Å². The number of benzene rings is 2. The zero-order valence-corrected chi connectivity index (χ0v) is 17.5. The summed E-state index contributed by atoms with van der Waals surface area (Å²) in [6.45, 7) is 0.0873. The molecule has 0 bridgehead atoms. The summed E-state index contributed by atoms with van der Waals surface area (Å²) in [6, 6.07) is 13.0. The quantitative estimate of drug-likeness (QED) is 0.715. The van der Waals surface area contributed by atoms with Gasteiger partial charge in [0.1, 0.15) is 0 Å². The van der Waals surface area contributed by atoms with Crippen LogP contribution in [-0.2, 0) is 27.1 Å². The Morgan fingerprint density at radius 3 is 2.31 bits per heavy atom. The van der Waals surface area contributed by atoms with Crippen molar-refractivity contribution in [1.82, 2.24) is 15.5 Å². The van der Waals surface area contributed by atoms with Crippen molar-refractivity contribution >= 4 is 17.7 Å². The smallest absolute Gasteiger partial charge is 0.350 e. The molecule has 6 nitrogen and oxygen atoms in total. The van der Waals surface area contributed by atoms with E-state index in [2.05, 4.69) is 10.6 Å². The van der Waals surface area contributed by atoms with Gasteiger partial charge in [-0.25, -0.2) is 0 Å². The number of piperidine rings is 1. The summed E-state index contributed by atoms with van der Waals surface area (Å²) >= 11 is 0. The van der Waals surface area contributed by atoms with Gasteiger partial charge in [0.2, 0.25) is 17.7 Å². The average Bonchev–Trinajstić information content (AvgIpc) is 2.78. The molecule has 32 heavy (non-hydrogen) atoms. The van der Waals surface area contributed by atoms with Crippen molar-refractivity contribution in [2.24, 2.45) is 5.92 Å².